The fraction of sp³-hybridized carbons (Fsp3) is 0.130. The van der Waals surface area contributed by atoms with Crippen molar-refractivity contribution in [3.63, 3.8) is 0 Å². The van der Waals surface area contributed by atoms with Crippen molar-refractivity contribution >= 4 is 16.9 Å². The first-order valence-corrected chi connectivity index (χ1v) is 9.19. The second kappa shape index (κ2) is 8.06. The first-order valence-electron chi connectivity index (χ1n) is 9.19. The van der Waals surface area contributed by atoms with Crippen LogP contribution in [0, 0.1) is 0 Å². The first-order chi connectivity index (χ1) is 14.1. The van der Waals surface area contributed by atoms with E-state index in [0.717, 1.165) is 16.5 Å². The van der Waals surface area contributed by atoms with Gasteiger partial charge in [-0.15, -0.1) is 0 Å². The number of hydrogen-bond donors (Lipinski definition) is 1. The molecule has 0 bridgehead atoms. The summed E-state index contributed by atoms with van der Waals surface area (Å²) in [4.78, 5) is 24.1. The van der Waals surface area contributed by atoms with E-state index in [1.54, 1.807) is 30.5 Å². The molecular weight excluding hydrogens is 370 g/mol. The van der Waals surface area contributed by atoms with Crippen LogP contribution in [0.5, 0.6) is 5.75 Å². The predicted molar refractivity (Wildman–Crippen MR) is 109 cm³/mol. The van der Waals surface area contributed by atoms with Gasteiger partial charge < -0.3 is 18.9 Å². The summed E-state index contributed by atoms with van der Waals surface area (Å²) in [5.41, 5.74) is 1.66. The van der Waals surface area contributed by atoms with Gasteiger partial charge in [0.1, 0.15) is 17.1 Å². The Kier molecular flexibility index (Phi) is 5.16. The Morgan fingerprint density at radius 2 is 1.90 bits per heavy atom. The molecule has 6 heteroatoms. The fourth-order valence-electron chi connectivity index (χ4n) is 3.13. The van der Waals surface area contributed by atoms with Crippen molar-refractivity contribution in [3.05, 3.63) is 89.2 Å². The maximum atomic E-state index is 12.1. The summed E-state index contributed by atoms with van der Waals surface area (Å²) in [5.74, 6) is 0.819. The number of hydrogen-bond acceptors (Lipinski definition) is 5. The molecule has 0 unspecified atom stereocenters. The van der Waals surface area contributed by atoms with Crippen LogP contribution in [0.1, 0.15) is 18.7 Å². The number of fused-ring (bicyclic) bond motifs is 1. The number of carbonyl (C=O) groups is 1. The van der Waals surface area contributed by atoms with Gasteiger partial charge in [-0.1, -0.05) is 30.3 Å². The summed E-state index contributed by atoms with van der Waals surface area (Å²) >= 11 is 0. The van der Waals surface area contributed by atoms with E-state index in [4.69, 9.17) is 13.6 Å². The average molecular weight is 389 g/mol. The van der Waals surface area contributed by atoms with E-state index >= 15 is 0 Å². The van der Waals surface area contributed by atoms with Crippen molar-refractivity contribution in [2.75, 3.05) is 6.61 Å². The van der Waals surface area contributed by atoms with Crippen LogP contribution in [0.4, 0.5) is 0 Å². The zero-order valence-corrected chi connectivity index (χ0v) is 15.8. The molecule has 0 saturated heterocycles. The van der Waals surface area contributed by atoms with Gasteiger partial charge in [-0.3, -0.25) is 4.79 Å². The van der Waals surface area contributed by atoms with Crippen molar-refractivity contribution < 1.29 is 18.4 Å². The van der Waals surface area contributed by atoms with Crippen LogP contribution in [-0.4, -0.2) is 12.5 Å². The van der Waals surface area contributed by atoms with E-state index in [-0.39, 0.29) is 18.6 Å². The van der Waals surface area contributed by atoms with Crippen LogP contribution >= 0.6 is 0 Å². The van der Waals surface area contributed by atoms with Crippen molar-refractivity contribution in [1.82, 2.24) is 5.32 Å². The molecule has 0 radical (unpaired) electrons. The lowest BCUT2D eigenvalue weighted by atomic mass is 10.0. The van der Waals surface area contributed by atoms with Gasteiger partial charge in [0.15, 0.2) is 6.61 Å². The van der Waals surface area contributed by atoms with Crippen LogP contribution in [0.3, 0.4) is 0 Å². The van der Waals surface area contributed by atoms with E-state index in [0.29, 0.717) is 17.1 Å². The van der Waals surface area contributed by atoms with Crippen LogP contribution in [0.15, 0.2) is 86.6 Å². The first kappa shape index (κ1) is 18.6. The minimum absolute atomic E-state index is 0.167. The van der Waals surface area contributed by atoms with Gasteiger partial charge in [0, 0.05) is 17.5 Å². The van der Waals surface area contributed by atoms with Gasteiger partial charge in [-0.2, -0.15) is 0 Å². The molecule has 1 amide bonds. The van der Waals surface area contributed by atoms with Crippen LogP contribution < -0.4 is 15.7 Å². The van der Waals surface area contributed by atoms with Crippen molar-refractivity contribution in [3.8, 4) is 16.9 Å². The lowest BCUT2D eigenvalue weighted by Crippen LogP contribution is -2.31. The number of amides is 1. The molecule has 0 saturated carbocycles. The third-order valence-corrected chi connectivity index (χ3v) is 4.52. The van der Waals surface area contributed by atoms with E-state index in [1.165, 1.54) is 6.07 Å². The fourth-order valence-corrected chi connectivity index (χ4v) is 3.13. The molecule has 2 heterocycles. The van der Waals surface area contributed by atoms with Gasteiger partial charge in [0.05, 0.1) is 12.3 Å². The van der Waals surface area contributed by atoms with E-state index in [2.05, 4.69) is 5.32 Å². The third-order valence-electron chi connectivity index (χ3n) is 4.52. The summed E-state index contributed by atoms with van der Waals surface area (Å²) in [7, 11) is 0. The Morgan fingerprint density at radius 1 is 1.07 bits per heavy atom. The number of carbonyl (C=O) groups excluding carboxylic acids is 1. The van der Waals surface area contributed by atoms with Crippen LogP contribution in [-0.2, 0) is 4.79 Å². The molecule has 0 aliphatic carbocycles. The number of rotatable bonds is 6. The zero-order valence-electron chi connectivity index (χ0n) is 15.8. The number of nitrogens with one attached hydrogen (secondary N) is 1. The maximum Gasteiger partial charge on any atom is 0.336 e. The summed E-state index contributed by atoms with van der Waals surface area (Å²) < 4.78 is 16.2. The normalized spacial score (nSPS) is 11.9. The molecule has 0 aliphatic heterocycles. The Morgan fingerprint density at radius 3 is 2.66 bits per heavy atom. The molecular formula is C23H19NO5. The highest BCUT2D eigenvalue weighted by atomic mass is 16.5. The lowest BCUT2D eigenvalue weighted by molar-refractivity contribution is -0.123. The second-order valence-corrected chi connectivity index (χ2v) is 6.60. The monoisotopic (exact) mass is 389 g/mol. The summed E-state index contributed by atoms with van der Waals surface area (Å²) in [6.45, 7) is 1.66. The quantitative estimate of drug-likeness (QED) is 0.497. The molecule has 4 rings (SSSR count). The maximum absolute atomic E-state index is 12.1. The molecule has 0 fully saturated rings. The summed E-state index contributed by atoms with van der Waals surface area (Å²) in [6, 6.07) is 19.6. The van der Waals surface area contributed by atoms with Gasteiger partial charge >= 0.3 is 5.63 Å². The molecule has 146 valence electrons. The third kappa shape index (κ3) is 4.21. The highest BCUT2D eigenvalue weighted by Gasteiger charge is 2.13. The Labute approximate surface area is 166 Å². The lowest BCUT2D eigenvalue weighted by Gasteiger charge is -2.12. The van der Waals surface area contributed by atoms with Gasteiger partial charge in [-0.05, 0) is 42.3 Å². The Balaban J connectivity index is 1.51. The molecule has 1 N–H and O–H groups in total. The van der Waals surface area contributed by atoms with E-state index < -0.39 is 5.63 Å². The van der Waals surface area contributed by atoms with E-state index in [9.17, 15) is 9.59 Å². The largest absolute Gasteiger partial charge is 0.484 e. The minimum atomic E-state index is -0.446. The standard InChI is InChI=1S/C23H19NO5/c1-15(20-8-5-11-27-20)24-22(25)14-28-17-9-10-18-19(16-6-3-2-4-7-16)13-23(26)29-21(18)12-17/h2-13,15H,14H2,1H3,(H,24,25)/t15-/m0/s1. The molecule has 2 aromatic carbocycles. The van der Waals surface area contributed by atoms with Crippen molar-refractivity contribution in [2.45, 2.75) is 13.0 Å². The molecule has 0 spiro atoms. The molecule has 29 heavy (non-hydrogen) atoms. The van der Waals surface area contributed by atoms with Crippen LogP contribution in [0.25, 0.3) is 22.1 Å². The van der Waals surface area contributed by atoms with Gasteiger partial charge in [0.25, 0.3) is 5.91 Å². The van der Waals surface area contributed by atoms with Crippen LogP contribution in [0.2, 0.25) is 0 Å². The van der Waals surface area contributed by atoms with Crippen molar-refractivity contribution in [1.29, 1.82) is 0 Å². The average Bonchev–Trinajstić information content (AvgIpc) is 3.27. The molecule has 6 nitrogen and oxygen atoms in total. The second-order valence-electron chi connectivity index (χ2n) is 6.60. The molecule has 2 aromatic heterocycles. The SMILES string of the molecule is C[C@H](NC(=O)COc1ccc2c(-c3ccccc3)cc(=O)oc2c1)c1ccco1. The Bertz CT molecular complexity index is 1180. The highest BCUT2D eigenvalue weighted by Crippen LogP contribution is 2.29. The predicted octanol–water partition coefficient (Wildman–Crippen LogP) is 4.31. The van der Waals surface area contributed by atoms with Gasteiger partial charge in [-0.25, -0.2) is 4.79 Å². The van der Waals surface area contributed by atoms with Gasteiger partial charge in [0.2, 0.25) is 0 Å². The molecule has 4 aromatic rings. The number of furan rings is 1. The topological polar surface area (TPSA) is 81.7 Å². The zero-order chi connectivity index (χ0) is 20.2. The number of ether oxygens (including phenoxy) is 1. The smallest absolute Gasteiger partial charge is 0.336 e. The summed E-state index contributed by atoms with van der Waals surface area (Å²) in [6.07, 6.45) is 1.56. The summed E-state index contributed by atoms with van der Waals surface area (Å²) in [5, 5.41) is 3.59. The molecule has 0 aliphatic rings. The number of benzene rings is 2. The van der Waals surface area contributed by atoms with Crippen molar-refractivity contribution in [2.24, 2.45) is 0 Å². The van der Waals surface area contributed by atoms with E-state index in [1.807, 2.05) is 43.3 Å². The Hall–Kier alpha value is -3.80. The molecule has 1 atom stereocenters. The minimum Gasteiger partial charge on any atom is -0.484 e. The highest BCUT2D eigenvalue weighted by molar-refractivity contribution is 5.93.